The molecule has 5 nitrogen and oxygen atoms in total. The van der Waals surface area contributed by atoms with Gasteiger partial charge in [0.05, 0.1) is 5.75 Å². The first kappa shape index (κ1) is 12.8. The Morgan fingerprint density at radius 1 is 1.35 bits per heavy atom. The Kier molecular flexibility index (Phi) is 3.45. The minimum absolute atomic E-state index is 0.0638. The topological polar surface area (TPSA) is 80.5 Å². The van der Waals surface area contributed by atoms with E-state index >= 15 is 0 Å². The van der Waals surface area contributed by atoms with Crippen LogP contribution in [0.15, 0.2) is 0 Å². The monoisotopic (exact) mass is 260 g/mol. The average Bonchev–Trinajstić information content (AvgIpc) is 2.98. The molecule has 0 unspecified atom stereocenters. The maximum absolute atomic E-state index is 11.8. The van der Waals surface area contributed by atoms with Gasteiger partial charge < -0.3 is 10.6 Å². The van der Waals surface area contributed by atoms with Gasteiger partial charge in [0.1, 0.15) is 9.84 Å². The van der Waals surface area contributed by atoms with E-state index in [4.69, 9.17) is 5.73 Å². The van der Waals surface area contributed by atoms with Gasteiger partial charge in [0.15, 0.2) is 0 Å². The number of carbonyl (C=O) groups excluding carboxylic acids is 1. The maximum Gasteiger partial charge on any atom is 0.223 e. The predicted molar refractivity (Wildman–Crippen MR) is 65.1 cm³/mol. The zero-order chi connectivity index (χ0) is 12.6. The van der Waals surface area contributed by atoms with Crippen LogP contribution < -0.4 is 5.73 Å². The second-order valence-electron chi connectivity index (χ2n) is 5.34. The standard InChI is InChI=1S/C11H20N2O3S/c1-17(15,16)5-4-11(14)13-6-9(8-2-3-8)10(12)7-13/h8-10H,2-7,12H2,1H3/t9-,10+/m1/s1. The molecule has 1 heterocycles. The summed E-state index contributed by atoms with van der Waals surface area (Å²) in [5, 5.41) is 0. The Morgan fingerprint density at radius 2 is 2.00 bits per heavy atom. The third-order valence-corrected chi connectivity index (χ3v) is 4.62. The minimum Gasteiger partial charge on any atom is -0.341 e. The molecular weight excluding hydrogens is 240 g/mol. The van der Waals surface area contributed by atoms with Crippen molar-refractivity contribution in [2.24, 2.45) is 17.6 Å². The number of hydrogen-bond donors (Lipinski definition) is 1. The zero-order valence-electron chi connectivity index (χ0n) is 10.1. The van der Waals surface area contributed by atoms with E-state index in [1.807, 2.05) is 0 Å². The molecule has 2 rings (SSSR count). The normalized spacial score (nSPS) is 29.6. The van der Waals surface area contributed by atoms with Gasteiger partial charge in [0.25, 0.3) is 0 Å². The van der Waals surface area contributed by atoms with Crippen molar-refractivity contribution in [3.8, 4) is 0 Å². The largest absolute Gasteiger partial charge is 0.341 e. The molecule has 2 N–H and O–H groups in total. The first-order chi connectivity index (χ1) is 7.87. The van der Waals surface area contributed by atoms with Gasteiger partial charge in [-0.15, -0.1) is 0 Å². The second-order valence-corrected chi connectivity index (χ2v) is 7.60. The summed E-state index contributed by atoms with van der Waals surface area (Å²) in [6, 6.07) is 0.0738. The summed E-state index contributed by atoms with van der Waals surface area (Å²) in [4.78, 5) is 13.6. The fourth-order valence-electron chi connectivity index (χ4n) is 2.51. The van der Waals surface area contributed by atoms with E-state index in [1.165, 1.54) is 12.8 Å². The molecule has 0 aromatic carbocycles. The highest BCUT2D eigenvalue weighted by Gasteiger charge is 2.41. The lowest BCUT2D eigenvalue weighted by molar-refractivity contribution is -0.129. The van der Waals surface area contributed by atoms with Crippen molar-refractivity contribution in [2.45, 2.75) is 25.3 Å². The number of sulfone groups is 1. The van der Waals surface area contributed by atoms with Crippen LogP contribution in [0.2, 0.25) is 0 Å². The van der Waals surface area contributed by atoms with E-state index in [-0.39, 0.29) is 24.1 Å². The molecule has 98 valence electrons. The molecule has 0 spiro atoms. The van der Waals surface area contributed by atoms with Crippen LogP contribution >= 0.6 is 0 Å². The number of hydrogen-bond acceptors (Lipinski definition) is 4. The molecule has 1 aliphatic heterocycles. The number of nitrogens with zero attached hydrogens (tertiary/aromatic N) is 1. The number of rotatable bonds is 4. The second kappa shape index (κ2) is 4.57. The molecule has 0 bridgehead atoms. The summed E-state index contributed by atoms with van der Waals surface area (Å²) in [6.45, 7) is 1.30. The Balaban J connectivity index is 1.84. The van der Waals surface area contributed by atoms with Crippen molar-refractivity contribution >= 4 is 15.7 Å². The van der Waals surface area contributed by atoms with Gasteiger partial charge in [-0.2, -0.15) is 0 Å². The summed E-state index contributed by atoms with van der Waals surface area (Å²) in [5.74, 6) is 0.981. The third-order valence-electron chi connectivity index (χ3n) is 3.68. The number of nitrogens with two attached hydrogens (primary N) is 1. The third kappa shape index (κ3) is 3.42. The highest BCUT2D eigenvalue weighted by Crippen LogP contribution is 2.40. The summed E-state index contributed by atoms with van der Waals surface area (Å²) in [5.41, 5.74) is 6.02. The fourth-order valence-corrected chi connectivity index (χ4v) is 3.06. The van der Waals surface area contributed by atoms with Crippen molar-refractivity contribution in [1.82, 2.24) is 4.90 Å². The lowest BCUT2D eigenvalue weighted by Gasteiger charge is -2.15. The first-order valence-corrected chi connectivity index (χ1v) is 8.14. The van der Waals surface area contributed by atoms with E-state index in [0.717, 1.165) is 6.26 Å². The van der Waals surface area contributed by atoms with Crippen molar-refractivity contribution < 1.29 is 13.2 Å². The summed E-state index contributed by atoms with van der Waals surface area (Å²) < 4.78 is 22.0. The van der Waals surface area contributed by atoms with Crippen LogP contribution in [0.3, 0.4) is 0 Å². The van der Waals surface area contributed by atoms with Crippen LogP contribution in [0.5, 0.6) is 0 Å². The molecule has 1 saturated heterocycles. The number of likely N-dealkylation sites (tertiary alicyclic amines) is 1. The van der Waals surface area contributed by atoms with Gasteiger partial charge >= 0.3 is 0 Å². The summed E-state index contributed by atoms with van der Waals surface area (Å²) in [6.07, 6.45) is 3.69. The van der Waals surface area contributed by atoms with Crippen LogP contribution in [0.1, 0.15) is 19.3 Å². The van der Waals surface area contributed by atoms with Gasteiger partial charge in [-0.05, 0) is 24.7 Å². The molecule has 1 aliphatic carbocycles. The summed E-state index contributed by atoms with van der Waals surface area (Å²) >= 11 is 0. The lowest BCUT2D eigenvalue weighted by Crippen LogP contribution is -2.33. The van der Waals surface area contributed by atoms with Gasteiger partial charge in [0, 0.05) is 31.8 Å². The van der Waals surface area contributed by atoms with E-state index in [1.54, 1.807) is 4.90 Å². The molecular formula is C11H20N2O3S. The first-order valence-electron chi connectivity index (χ1n) is 6.08. The van der Waals surface area contributed by atoms with Crippen LogP contribution in [-0.4, -0.2) is 50.4 Å². The molecule has 6 heteroatoms. The van der Waals surface area contributed by atoms with Crippen LogP contribution in [-0.2, 0) is 14.6 Å². The van der Waals surface area contributed by atoms with Crippen molar-refractivity contribution in [1.29, 1.82) is 0 Å². The van der Waals surface area contributed by atoms with E-state index in [9.17, 15) is 13.2 Å². The fraction of sp³-hybridized carbons (Fsp3) is 0.909. The molecule has 0 aromatic rings. The molecule has 1 saturated carbocycles. The highest BCUT2D eigenvalue weighted by molar-refractivity contribution is 7.90. The summed E-state index contributed by atoms with van der Waals surface area (Å²) in [7, 11) is -3.06. The molecule has 2 aliphatic rings. The van der Waals surface area contributed by atoms with Crippen LogP contribution in [0, 0.1) is 11.8 Å². The Bertz CT molecular complexity index is 403. The van der Waals surface area contributed by atoms with Crippen molar-refractivity contribution in [3.05, 3.63) is 0 Å². The highest BCUT2D eigenvalue weighted by atomic mass is 32.2. The van der Waals surface area contributed by atoms with Gasteiger partial charge in [0.2, 0.25) is 5.91 Å². The van der Waals surface area contributed by atoms with Gasteiger partial charge in [-0.3, -0.25) is 4.79 Å². The molecule has 17 heavy (non-hydrogen) atoms. The lowest BCUT2D eigenvalue weighted by atomic mass is 9.99. The smallest absolute Gasteiger partial charge is 0.223 e. The van der Waals surface area contributed by atoms with Crippen LogP contribution in [0.4, 0.5) is 0 Å². The zero-order valence-corrected chi connectivity index (χ0v) is 10.9. The molecule has 2 atom stereocenters. The SMILES string of the molecule is CS(=O)(=O)CCC(=O)N1C[C@H](C2CC2)[C@@H](N)C1. The van der Waals surface area contributed by atoms with Gasteiger partial charge in [-0.1, -0.05) is 0 Å². The molecule has 1 amide bonds. The average molecular weight is 260 g/mol. The Hall–Kier alpha value is -0.620. The van der Waals surface area contributed by atoms with Crippen molar-refractivity contribution in [2.75, 3.05) is 25.1 Å². The Morgan fingerprint density at radius 3 is 2.53 bits per heavy atom. The van der Waals surface area contributed by atoms with Crippen molar-refractivity contribution in [3.63, 3.8) is 0 Å². The number of amides is 1. The molecule has 0 aromatic heterocycles. The predicted octanol–water partition coefficient (Wildman–Crippen LogP) is -0.383. The van der Waals surface area contributed by atoms with E-state index in [0.29, 0.717) is 24.9 Å². The minimum atomic E-state index is -3.06. The van der Waals surface area contributed by atoms with Gasteiger partial charge in [-0.25, -0.2) is 8.42 Å². The van der Waals surface area contributed by atoms with E-state index < -0.39 is 9.84 Å². The van der Waals surface area contributed by atoms with E-state index in [2.05, 4.69) is 0 Å². The molecule has 0 radical (unpaired) electrons. The number of carbonyl (C=O) groups is 1. The quantitative estimate of drug-likeness (QED) is 0.747. The Labute approximate surface area is 102 Å². The van der Waals surface area contributed by atoms with Crippen LogP contribution in [0.25, 0.3) is 0 Å². The molecule has 2 fully saturated rings. The maximum atomic E-state index is 11.8.